The maximum atomic E-state index is 13.0. The van der Waals surface area contributed by atoms with Crippen molar-refractivity contribution in [1.82, 2.24) is 28.4 Å². The van der Waals surface area contributed by atoms with Crippen molar-refractivity contribution in [3.63, 3.8) is 0 Å². The summed E-state index contributed by atoms with van der Waals surface area (Å²) in [6, 6.07) is 0. The largest absolute Gasteiger partial charge is 0.341 e. The Bertz CT molecular complexity index is 849. The van der Waals surface area contributed by atoms with Gasteiger partial charge in [0.15, 0.2) is 5.69 Å². The topological polar surface area (TPSA) is 93.2 Å². The molecule has 168 valence electrons. The minimum absolute atomic E-state index is 0.156. The number of carbonyl (C=O) groups excluding carboxylic acids is 1. The van der Waals surface area contributed by atoms with Crippen molar-refractivity contribution in [3.05, 3.63) is 16.9 Å². The molecule has 0 N–H and O–H groups in total. The molecular weight excluding hydrogens is 430 g/mol. The lowest BCUT2D eigenvalue weighted by Gasteiger charge is -2.39. The van der Waals surface area contributed by atoms with E-state index in [1.807, 2.05) is 25.8 Å². The van der Waals surface area contributed by atoms with Crippen LogP contribution in [0.5, 0.6) is 0 Å². The molecule has 1 amide bonds. The summed E-state index contributed by atoms with van der Waals surface area (Å²) in [5.41, 5.74) is 0.156. The summed E-state index contributed by atoms with van der Waals surface area (Å²) in [7, 11) is -1.53. The van der Waals surface area contributed by atoms with Crippen LogP contribution in [0.15, 0.2) is 6.20 Å². The van der Waals surface area contributed by atoms with Gasteiger partial charge >= 0.3 is 0 Å². The molecule has 0 atom stereocenters. The van der Waals surface area contributed by atoms with Crippen molar-refractivity contribution in [2.24, 2.45) is 0 Å². The maximum absolute atomic E-state index is 13.0. The summed E-state index contributed by atoms with van der Waals surface area (Å²) in [4.78, 5) is 27.3. The van der Waals surface area contributed by atoms with E-state index in [9.17, 15) is 13.2 Å². The molecule has 3 heterocycles. The molecule has 0 radical (unpaired) electrons. The average Bonchev–Trinajstić information content (AvgIpc) is 2.75. The quantitative estimate of drug-likeness (QED) is 0.601. The second kappa shape index (κ2) is 9.73. The second-order valence-electron chi connectivity index (χ2n) is 7.44. The van der Waals surface area contributed by atoms with Gasteiger partial charge in [0.1, 0.15) is 0 Å². The molecule has 12 heteroatoms. The zero-order valence-corrected chi connectivity index (χ0v) is 19.4. The maximum Gasteiger partial charge on any atom is 0.282 e. The summed E-state index contributed by atoms with van der Waals surface area (Å²) in [6.07, 6.45) is 1.45. The number of piperazine rings is 2. The zero-order valence-electron chi connectivity index (χ0n) is 17.8. The molecule has 2 fully saturated rings. The van der Waals surface area contributed by atoms with Gasteiger partial charge in [0.05, 0.1) is 11.2 Å². The highest BCUT2D eigenvalue weighted by Crippen LogP contribution is 2.20. The number of rotatable bonds is 6. The fourth-order valence-electron chi connectivity index (χ4n) is 3.62. The number of anilines is 1. The molecule has 2 aliphatic rings. The van der Waals surface area contributed by atoms with Crippen molar-refractivity contribution in [3.8, 4) is 0 Å². The molecule has 0 aromatic carbocycles. The van der Waals surface area contributed by atoms with Gasteiger partial charge < -0.3 is 14.7 Å². The van der Waals surface area contributed by atoms with Gasteiger partial charge in [0.25, 0.3) is 16.1 Å². The van der Waals surface area contributed by atoms with E-state index in [0.717, 1.165) is 13.1 Å². The summed E-state index contributed by atoms with van der Waals surface area (Å²) in [5, 5.41) is 0.198. The number of likely N-dealkylation sites (N-methyl/N-ethyl adjacent to an activating group) is 1. The predicted octanol–water partition coefficient (Wildman–Crippen LogP) is 0.226. The Kier molecular flexibility index (Phi) is 7.51. The van der Waals surface area contributed by atoms with E-state index in [2.05, 4.69) is 14.9 Å². The summed E-state index contributed by atoms with van der Waals surface area (Å²) in [6.45, 7) is 8.94. The van der Waals surface area contributed by atoms with E-state index in [-0.39, 0.29) is 29.7 Å². The number of hydrogen-bond acceptors (Lipinski definition) is 7. The van der Waals surface area contributed by atoms with Crippen LogP contribution in [0, 0.1) is 0 Å². The Hall–Kier alpha value is -1.53. The molecule has 1 aromatic heterocycles. The first-order valence-corrected chi connectivity index (χ1v) is 12.1. The Balaban J connectivity index is 1.66. The van der Waals surface area contributed by atoms with Gasteiger partial charge in [0.2, 0.25) is 5.95 Å². The van der Waals surface area contributed by atoms with Gasteiger partial charge in [-0.2, -0.15) is 17.0 Å². The molecule has 3 rings (SSSR count). The van der Waals surface area contributed by atoms with Crippen LogP contribution >= 0.6 is 11.6 Å². The molecule has 10 nitrogen and oxygen atoms in total. The molecule has 2 saturated heterocycles. The van der Waals surface area contributed by atoms with Crippen molar-refractivity contribution in [2.75, 3.05) is 77.4 Å². The van der Waals surface area contributed by atoms with Crippen molar-refractivity contribution in [2.45, 2.75) is 13.8 Å². The summed E-state index contributed by atoms with van der Waals surface area (Å²) in [5.74, 6) is 0.163. The number of hydrogen-bond donors (Lipinski definition) is 0. The molecule has 0 aliphatic carbocycles. The van der Waals surface area contributed by atoms with Gasteiger partial charge in [-0.25, -0.2) is 9.97 Å². The lowest BCUT2D eigenvalue weighted by atomic mass is 10.3. The third-order valence-corrected chi connectivity index (χ3v) is 7.93. The predicted molar refractivity (Wildman–Crippen MR) is 116 cm³/mol. The van der Waals surface area contributed by atoms with E-state index >= 15 is 0 Å². The van der Waals surface area contributed by atoms with Crippen LogP contribution in [0.2, 0.25) is 5.02 Å². The van der Waals surface area contributed by atoms with Crippen LogP contribution in [0.3, 0.4) is 0 Å². The van der Waals surface area contributed by atoms with Crippen LogP contribution in [0.1, 0.15) is 24.3 Å². The molecule has 0 saturated carbocycles. The standard InChI is InChI=1S/C18H30ClN7O3S/c1-4-23(5-2)18-20-14-15(19)16(21-18)17(27)24-8-12-26(13-9-24)30(28,29)25-10-6-22(3)7-11-25/h14H,4-13H2,1-3H3. The Morgan fingerprint density at radius 3 is 2.10 bits per heavy atom. The van der Waals surface area contributed by atoms with E-state index in [1.54, 1.807) is 4.90 Å². The van der Waals surface area contributed by atoms with Gasteiger partial charge in [-0.15, -0.1) is 0 Å². The van der Waals surface area contributed by atoms with Gasteiger partial charge in [0, 0.05) is 65.4 Å². The van der Waals surface area contributed by atoms with Crippen LogP contribution in [0.25, 0.3) is 0 Å². The molecule has 0 unspecified atom stereocenters. The van der Waals surface area contributed by atoms with Crippen LogP contribution in [-0.2, 0) is 10.2 Å². The van der Waals surface area contributed by atoms with Crippen molar-refractivity contribution < 1.29 is 13.2 Å². The Labute approximate surface area is 183 Å². The molecule has 30 heavy (non-hydrogen) atoms. The Morgan fingerprint density at radius 2 is 1.57 bits per heavy atom. The minimum Gasteiger partial charge on any atom is -0.341 e. The van der Waals surface area contributed by atoms with Gasteiger partial charge in [-0.05, 0) is 20.9 Å². The lowest BCUT2D eigenvalue weighted by molar-refractivity contribution is 0.0686. The first-order valence-electron chi connectivity index (χ1n) is 10.3. The number of carbonyl (C=O) groups is 1. The van der Waals surface area contributed by atoms with Crippen LogP contribution < -0.4 is 4.90 Å². The molecule has 0 bridgehead atoms. The smallest absolute Gasteiger partial charge is 0.282 e. The number of aromatic nitrogens is 2. The number of nitrogens with zero attached hydrogens (tertiary/aromatic N) is 7. The first kappa shape index (κ1) is 23.1. The third kappa shape index (κ3) is 4.86. The average molecular weight is 460 g/mol. The molecule has 1 aromatic rings. The molecular formula is C18H30ClN7O3S. The van der Waals surface area contributed by atoms with E-state index in [1.165, 1.54) is 14.8 Å². The monoisotopic (exact) mass is 459 g/mol. The van der Waals surface area contributed by atoms with Gasteiger partial charge in [-0.3, -0.25) is 4.79 Å². The molecule has 0 spiro atoms. The minimum atomic E-state index is -3.51. The highest BCUT2D eigenvalue weighted by atomic mass is 35.5. The summed E-state index contributed by atoms with van der Waals surface area (Å²) < 4.78 is 28.8. The van der Waals surface area contributed by atoms with E-state index in [0.29, 0.717) is 45.2 Å². The Morgan fingerprint density at radius 1 is 1.03 bits per heavy atom. The van der Waals surface area contributed by atoms with Crippen molar-refractivity contribution in [1.29, 1.82) is 0 Å². The third-order valence-electron chi connectivity index (χ3n) is 5.62. The van der Waals surface area contributed by atoms with E-state index in [4.69, 9.17) is 11.6 Å². The van der Waals surface area contributed by atoms with Crippen LogP contribution in [-0.4, -0.2) is 115 Å². The zero-order chi connectivity index (χ0) is 21.9. The van der Waals surface area contributed by atoms with E-state index < -0.39 is 10.2 Å². The first-order chi connectivity index (χ1) is 14.3. The normalized spacial score (nSPS) is 19.8. The second-order valence-corrected chi connectivity index (χ2v) is 9.78. The fraction of sp³-hybridized carbons (Fsp3) is 0.722. The number of amides is 1. The van der Waals surface area contributed by atoms with Crippen molar-refractivity contribution >= 4 is 33.7 Å². The van der Waals surface area contributed by atoms with Gasteiger partial charge in [-0.1, -0.05) is 11.6 Å². The fourth-order valence-corrected chi connectivity index (χ4v) is 5.37. The highest BCUT2D eigenvalue weighted by molar-refractivity contribution is 7.86. The SMILES string of the molecule is CCN(CC)c1ncc(Cl)c(C(=O)N2CCN(S(=O)(=O)N3CCN(C)CC3)CC2)n1. The lowest BCUT2D eigenvalue weighted by Crippen LogP contribution is -2.57. The summed E-state index contributed by atoms with van der Waals surface area (Å²) >= 11 is 6.21. The number of halogens is 1. The van der Waals surface area contributed by atoms with Crippen LogP contribution in [0.4, 0.5) is 5.95 Å². The highest BCUT2D eigenvalue weighted by Gasteiger charge is 2.35. The molecule has 2 aliphatic heterocycles.